The van der Waals surface area contributed by atoms with Gasteiger partial charge in [-0.3, -0.25) is 0 Å². The fourth-order valence-electron chi connectivity index (χ4n) is 1.71. The van der Waals surface area contributed by atoms with Crippen LogP contribution < -0.4 is 0 Å². The number of thiophene rings is 1. The number of hydrogen-bond acceptors (Lipinski definition) is 5. The second-order valence-corrected chi connectivity index (χ2v) is 4.99. The number of carbonyl (C=O) groups is 1. The van der Waals surface area contributed by atoms with Gasteiger partial charge in [0, 0.05) is 5.56 Å². The van der Waals surface area contributed by atoms with Crippen LogP contribution in [-0.2, 0) is 11.3 Å². The summed E-state index contributed by atoms with van der Waals surface area (Å²) in [6, 6.07) is 13.2. The van der Waals surface area contributed by atoms with Crippen LogP contribution in [0.15, 0.2) is 58.5 Å². The minimum Gasteiger partial charge on any atom is -0.451 e. The SMILES string of the molecule is O=C(OCc1ncc(-c2ccccc2)o1)c1cccs1. The van der Waals surface area contributed by atoms with Crippen molar-refractivity contribution < 1.29 is 13.9 Å². The number of benzene rings is 1. The highest BCUT2D eigenvalue weighted by Gasteiger charge is 2.11. The maximum absolute atomic E-state index is 11.7. The number of carbonyl (C=O) groups excluding carboxylic acids is 1. The summed E-state index contributed by atoms with van der Waals surface area (Å²) < 4.78 is 10.7. The molecular formula is C15H11NO3S. The maximum Gasteiger partial charge on any atom is 0.348 e. The lowest BCUT2D eigenvalue weighted by molar-refractivity contribution is 0.0445. The van der Waals surface area contributed by atoms with Crippen LogP contribution in [0, 0.1) is 0 Å². The molecule has 2 heterocycles. The molecule has 0 radical (unpaired) electrons. The largest absolute Gasteiger partial charge is 0.451 e. The summed E-state index contributed by atoms with van der Waals surface area (Å²) in [6.45, 7) is 0.0313. The van der Waals surface area contributed by atoms with Gasteiger partial charge in [-0.25, -0.2) is 9.78 Å². The molecule has 0 unspecified atom stereocenters. The molecule has 0 aliphatic heterocycles. The Hall–Kier alpha value is -2.40. The second-order valence-electron chi connectivity index (χ2n) is 4.04. The van der Waals surface area contributed by atoms with Crippen LogP contribution in [0.2, 0.25) is 0 Å². The second kappa shape index (κ2) is 5.71. The normalized spacial score (nSPS) is 10.4. The van der Waals surface area contributed by atoms with Crippen LogP contribution in [0.25, 0.3) is 11.3 Å². The number of aromatic nitrogens is 1. The Bertz CT molecular complexity index is 689. The van der Waals surface area contributed by atoms with E-state index >= 15 is 0 Å². The minimum absolute atomic E-state index is 0.0313. The standard InChI is InChI=1S/C15H11NO3S/c17-15(13-7-4-8-20-13)18-10-14-16-9-12(19-14)11-5-2-1-3-6-11/h1-9H,10H2. The van der Waals surface area contributed by atoms with E-state index in [-0.39, 0.29) is 12.6 Å². The van der Waals surface area contributed by atoms with Gasteiger partial charge in [-0.2, -0.15) is 0 Å². The van der Waals surface area contributed by atoms with E-state index in [1.54, 1.807) is 18.3 Å². The highest BCUT2D eigenvalue weighted by molar-refractivity contribution is 7.11. The van der Waals surface area contributed by atoms with Crippen molar-refractivity contribution in [1.29, 1.82) is 0 Å². The lowest BCUT2D eigenvalue weighted by atomic mass is 10.2. The van der Waals surface area contributed by atoms with E-state index in [1.807, 2.05) is 35.7 Å². The molecule has 3 rings (SSSR count). The molecule has 0 N–H and O–H groups in total. The Morgan fingerprint density at radius 3 is 2.80 bits per heavy atom. The molecular weight excluding hydrogens is 274 g/mol. The van der Waals surface area contributed by atoms with Gasteiger partial charge in [0.15, 0.2) is 12.4 Å². The number of nitrogens with zero attached hydrogens (tertiary/aromatic N) is 1. The zero-order chi connectivity index (χ0) is 13.8. The van der Waals surface area contributed by atoms with Crippen molar-refractivity contribution >= 4 is 17.3 Å². The Morgan fingerprint density at radius 1 is 1.20 bits per heavy atom. The molecule has 0 fully saturated rings. The number of esters is 1. The Morgan fingerprint density at radius 2 is 2.05 bits per heavy atom. The van der Waals surface area contributed by atoms with Gasteiger partial charge < -0.3 is 9.15 Å². The first-order chi connectivity index (χ1) is 9.83. The highest BCUT2D eigenvalue weighted by atomic mass is 32.1. The number of oxazole rings is 1. The number of hydrogen-bond donors (Lipinski definition) is 0. The first-order valence-electron chi connectivity index (χ1n) is 6.04. The summed E-state index contributed by atoms with van der Waals surface area (Å²) in [6.07, 6.45) is 1.63. The van der Waals surface area contributed by atoms with Crippen molar-refractivity contribution in [1.82, 2.24) is 4.98 Å². The van der Waals surface area contributed by atoms with Gasteiger partial charge in [0.1, 0.15) is 4.88 Å². The van der Waals surface area contributed by atoms with E-state index in [0.717, 1.165) is 5.56 Å². The quantitative estimate of drug-likeness (QED) is 0.685. The molecule has 20 heavy (non-hydrogen) atoms. The maximum atomic E-state index is 11.7. The van der Waals surface area contributed by atoms with Crippen LogP contribution in [0.1, 0.15) is 15.6 Å². The molecule has 0 bridgehead atoms. The molecule has 0 atom stereocenters. The average molecular weight is 285 g/mol. The van der Waals surface area contributed by atoms with Crippen LogP contribution in [-0.4, -0.2) is 11.0 Å². The van der Waals surface area contributed by atoms with Gasteiger partial charge in [-0.1, -0.05) is 36.4 Å². The van der Waals surface area contributed by atoms with Crippen LogP contribution in [0.5, 0.6) is 0 Å². The summed E-state index contributed by atoms with van der Waals surface area (Å²) in [7, 11) is 0. The third-order valence-corrected chi connectivity index (χ3v) is 3.51. The van der Waals surface area contributed by atoms with Crippen LogP contribution >= 0.6 is 11.3 Å². The summed E-state index contributed by atoms with van der Waals surface area (Å²) in [5, 5.41) is 1.83. The molecule has 5 heteroatoms. The lowest BCUT2D eigenvalue weighted by Crippen LogP contribution is -2.03. The van der Waals surface area contributed by atoms with E-state index in [9.17, 15) is 4.79 Å². The zero-order valence-electron chi connectivity index (χ0n) is 10.5. The van der Waals surface area contributed by atoms with Crippen LogP contribution in [0.4, 0.5) is 0 Å². The summed E-state index contributed by atoms with van der Waals surface area (Å²) in [4.78, 5) is 16.3. The van der Waals surface area contributed by atoms with Crippen molar-refractivity contribution in [3.05, 3.63) is 64.8 Å². The summed E-state index contributed by atoms with van der Waals surface area (Å²) in [5.74, 6) is 0.681. The van der Waals surface area contributed by atoms with Gasteiger partial charge in [-0.15, -0.1) is 11.3 Å². The highest BCUT2D eigenvalue weighted by Crippen LogP contribution is 2.20. The van der Waals surface area contributed by atoms with E-state index in [2.05, 4.69) is 4.98 Å². The predicted molar refractivity (Wildman–Crippen MR) is 75.4 cm³/mol. The van der Waals surface area contributed by atoms with E-state index in [1.165, 1.54) is 11.3 Å². The van der Waals surface area contributed by atoms with Gasteiger partial charge >= 0.3 is 5.97 Å². The van der Waals surface area contributed by atoms with Crippen molar-refractivity contribution in [2.75, 3.05) is 0 Å². The summed E-state index contributed by atoms with van der Waals surface area (Å²) in [5.41, 5.74) is 0.941. The molecule has 100 valence electrons. The lowest BCUT2D eigenvalue weighted by Gasteiger charge is -1.99. The zero-order valence-corrected chi connectivity index (χ0v) is 11.3. The van der Waals surface area contributed by atoms with E-state index in [0.29, 0.717) is 16.5 Å². The minimum atomic E-state index is -0.362. The van der Waals surface area contributed by atoms with Crippen molar-refractivity contribution in [3.63, 3.8) is 0 Å². The molecule has 3 aromatic rings. The molecule has 0 aliphatic rings. The molecule has 4 nitrogen and oxygen atoms in total. The van der Waals surface area contributed by atoms with E-state index < -0.39 is 0 Å². The van der Waals surface area contributed by atoms with E-state index in [4.69, 9.17) is 9.15 Å². The fourth-order valence-corrected chi connectivity index (χ4v) is 2.32. The Balaban J connectivity index is 1.65. The molecule has 0 spiro atoms. The van der Waals surface area contributed by atoms with Gasteiger partial charge in [-0.05, 0) is 11.4 Å². The molecule has 1 aromatic carbocycles. The van der Waals surface area contributed by atoms with Crippen molar-refractivity contribution in [2.45, 2.75) is 6.61 Å². The fraction of sp³-hybridized carbons (Fsp3) is 0.0667. The smallest absolute Gasteiger partial charge is 0.348 e. The third kappa shape index (κ3) is 2.78. The first-order valence-corrected chi connectivity index (χ1v) is 6.91. The van der Waals surface area contributed by atoms with Crippen molar-refractivity contribution in [3.8, 4) is 11.3 Å². The third-order valence-electron chi connectivity index (χ3n) is 2.66. The van der Waals surface area contributed by atoms with Crippen molar-refractivity contribution in [2.24, 2.45) is 0 Å². The number of ether oxygens (including phenoxy) is 1. The molecule has 0 aliphatic carbocycles. The summed E-state index contributed by atoms with van der Waals surface area (Å²) >= 11 is 1.34. The van der Waals surface area contributed by atoms with Gasteiger partial charge in [0.25, 0.3) is 0 Å². The first kappa shape index (κ1) is 12.6. The predicted octanol–water partition coefficient (Wildman–Crippen LogP) is 3.76. The van der Waals surface area contributed by atoms with Gasteiger partial charge in [0.2, 0.25) is 5.89 Å². The Labute approximate surface area is 119 Å². The monoisotopic (exact) mass is 285 g/mol. The topological polar surface area (TPSA) is 52.3 Å². The van der Waals surface area contributed by atoms with Crippen LogP contribution in [0.3, 0.4) is 0 Å². The molecule has 0 saturated carbocycles. The number of rotatable bonds is 4. The molecule has 2 aromatic heterocycles. The Kier molecular flexibility index (Phi) is 3.60. The molecule has 0 amide bonds. The van der Waals surface area contributed by atoms with Gasteiger partial charge in [0.05, 0.1) is 6.20 Å². The average Bonchev–Trinajstić information content (AvgIpc) is 3.17. The molecule has 0 saturated heterocycles.